The van der Waals surface area contributed by atoms with E-state index in [0.717, 1.165) is 53.1 Å². The van der Waals surface area contributed by atoms with Crippen LogP contribution in [0.1, 0.15) is 41.2 Å². The lowest BCUT2D eigenvalue weighted by Gasteiger charge is -2.06. The Kier molecular flexibility index (Phi) is 7.50. The Bertz CT molecular complexity index is 1390. The molecule has 0 amide bonds. The number of hydrogen-bond donors (Lipinski definition) is 0. The summed E-state index contributed by atoms with van der Waals surface area (Å²) in [6.07, 6.45) is 7.25. The third-order valence-electron chi connectivity index (χ3n) is 5.85. The van der Waals surface area contributed by atoms with Crippen LogP contribution in [0.5, 0.6) is 0 Å². The average Bonchev–Trinajstić information content (AvgIpc) is 2.85. The van der Waals surface area contributed by atoms with E-state index in [1.165, 1.54) is 0 Å². The molecule has 0 radical (unpaired) electrons. The van der Waals surface area contributed by atoms with Crippen molar-refractivity contribution in [3.8, 4) is 11.8 Å². The number of rotatable bonds is 6. The van der Waals surface area contributed by atoms with E-state index in [1.54, 1.807) is 30.3 Å². The van der Waals surface area contributed by atoms with Crippen molar-refractivity contribution >= 4 is 10.8 Å². The largest absolute Gasteiger partial charge is 0.207 e. The van der Waals surface area contributed by atoms with Crippen LogP contribution in [0.2, 0.25) is 0 Å². The minimum atomic E-state index is -0.855. The van der Waals surface area contributed by atoms with Gasteiger partial charge in [0.05, 0.1) is 0 Å². The minimum Gasteiger partial charge on any atom is -0.207 e. The van der Waals surface area contributed by atoms with Crippen LogP contribution in [0, 0.1) is 29.3 Å². The molecule has 170 valence electrons. The monoisotopic (exact) mass is 454 g/mol. The van der Waals surface area contributed by atoms with Crippen LogP contribution in [0.4, 0.5) is 13.2 Å². The van der Waals surface area contributed by atoms with Gasteiger partial charge in [-0.05, 0) is 91.1 Å². The zero-order chi connectivity index (χ0) is 23.9. The number of halogens is 3. The van der Waals surface area contributed by atoms with Crippen LogP contribution in [0.25, 0.3) is 10.8 Å². The maximum atomic E-state index is 14.5. The highest BCUT2D eigenvalue weighted by molar-refractivity contribution is 5.84. The van der Waals surface area contributed by atoms with Crippen LogP contribution >= 0.6 is 0 Å². The maximum Gasteiger partial charge on any atom is 0.166 e. The number of allylic oxidation sites excluding steroid dienone is 2. The van der Waals surface area contributed by atoms with Crippen LogP contribution in [0.3, 0.4) is 0 Å². The van der Waals surface area contributed by atoms with Gasteiger partial charge in [0.1, 0.15) is 5.82 Å². The summed E-state index contributed by atoms with van der Waals surface area (Å²) in [4.78, 5) is 0. The van der Waals surface area contributed by atoms with Crippen molar-refractivity contribution in [2.45, 2.75) is 32.6 Å². The van der Waals surface area contributed by atoms with Gasteiger partial charge >= 0.3 is 0 Å². The highest BCUT2D eigenvalue weighted by Gasteiger charge is 2.07. The zero-order valence-corrected chi connectivity index (χ0v) is 19.0. The van der Waals surface area contributed by atoms with Gasteiger partial charge in [-0.2, -0.15) is 0 Å². The highest BCUT2D eigenvalue weighted by Crippen LogP contribution is 2.21. The van der Waals surface area contributed by atoms with E-state index in [2.05, 4.69) is 17.9 Å². The molecule has 4 aromatic rings. The lowest BCUT2D eigenvalue weighted by molar-refractivity contribution is 0.517. The summed E-state index contributed by atoms with van der Waals surface area (Å²) < 4.78 is 41.7. The Hall–Kier alpha value is -3.77. The van der Waals surface area contributed by atoms with Crippen LogP contribution < -0.4 is 0 Å². The third kappa shape index (κ3) is 5.77. The summed E-state index contributed by atoms with van der Waals surface area (Å²) in [5, 5.41) is 0.855. The Morgan fingerprint density at radius 1 is 0.676 bits per heavy atom. The van der Waals surface area contributed by atoms with E-state index in [1.807, 2.05) is 49.4 Å². The molecule has 4 aromatic carbocycles. The molecule has 0 aromatic heterocycles. The van der Waals surface area contributed by atoms with Crippen molar-refractivity contribution in [3.05, 3.63) is 130 Å². The smallest absolute Gasteiger partial charge is 0.166 e. The van der Waals surface area contributed by atoms with E-state index in [9.17, 15) is 13.2 Å². The predicted octanol–water partition coefficient (Wildman–Crippen LogP) is 7.95. The van der Waals surface area contributed by atoms with Crippen LogP contribution in [-0.2, 0) is 19.3 Å². The van der Waals surface area contributed by atoms with E-state index >= 15 is 0 Å². The lowest BCUT2D eigenvalue weighted by atomic mass is 10.0. The first kappa shape index (κ1) is 23.4. The molecule has 0 spiro atoms. The second-order valence-corrected chi connectivity index (χ2v) is 8.28. The van der Waals surface area contributed by atoms with Gasteiger partial charge in [-0.15, -0.1) is 0 Å². The molecule has 0 saturated heterocycles. The van der Waals surface area contributed by atoms with Crippen molar-refractivity contribution in [3.63, 3.8) is 0 Å². The molecular weight excluding hydrogens is 429 g/mol. The summed E-state index contributed by atoms with van der Waals surface area (Å²) >= 11 is 0. The van der Waals surface area contributed by atoms with Gasteiger partial charge < -0.3 is 0 Å². The topological polar surface area (TPSA) is 0 Å². The first-order valence-corrected chi connectivity index (χ1v) is 11.4. The molecule has 0 unspecified atom stereocenters. The molecule has 0 aliphatic carbocycles. The van der Waals surface area contributed by atoms with Crippen molar-refractivity contribution in [1.82, 2.24) is 0 Å². The number of fused-ring (bicyclic) bond motifs is 1. The fourth-order valence-electron chi connectivity index (χ4n) is 3.89. The van der Waals surface area contributed by atoms with Gasteiger partial charge in [0.15, 0.2) is 11.6 Å². The fraction of sp³-hybridized carbons (Fsp3) is 0.161. The second-order valence-electron chi connectivity index (χ2n) is 8.28. The Balaban J connectivity index is 1.38. The molecule has 0 aliphatic heterocycles. The third-order valence-corrected chi connectivity index (χ3v) is 5.85. The first-order valence-electron chi connectivity index (χ1n) is 11.4. The van der Waals surface area contributed by atoms with Crippen LogP contribution in [0.15, 0.2) is 84.9 Å². The van der Waals surface area contributed by atoms with Gasteiger partial charge in [-0.3, -0.25) is 0 Å². The highest BCUT2D eigenvalue weighted by atomic mass is 19.2. The standard InChI is InChI=1S/C31H25F3/c1-2-3-4-5-24-13-16-26(30(33)21-24)15-12-23-8-6-22(7-9-23)10-11-25-14-18-28-27(20-25)17-19-29(32)31(28)34/h2-3,6-9,13-14,16-21H,4-5,12,15H2,1H3/b3-2+. The van der Waals surface area contributed by atoms with Gasteiger partial charge in [0, 0.05) is 16.5 Å². The molecule has 3 heteroatoms. The quantitative estimate of drug-likeness (QED) is 0.205. The van der Waals surface area contributed by atoms with E-state index in [0.29, 0.717) is 11.8 Å². The van der Waals surface area contributed by atoms with Gasteiger partial charge in [0.2, 0.25) is 0 Å². The van der Waals surface area contributed by atoms with E-state index < -0.39 is 11.6 Å². The van der Waals surface area contributed by atoms with Crippen molar-refractivity contribution in [2.24, 2.45) is 0 Å². The molecule has 0 aliphatic rings. The van der Waals surface area contributed by atoms with Crippen molar-refractivity contribution in [1.29, 1.82) is 0 Å². The minimum absolute atomic E-state index is 0.140. The number of benzene rings is 4. The van der Waals surface area contributed by atoms with Gasteiger partial charge in [-0.1, -0.05) is 60.4 Å². The molecule has 0 heterocycles. The predicted molar refractivity (Wildman–Crippen MR) is 133 cm³/mol. The molecule has 0 nitrogen and oxygen atoms in total. The first-order chi connectivity index (χ1) is 16.5. The van der Waals surface area contributed by atoms with Crippen molar-refractivity contribution < 1.29 is 13.2 Å². The van der Waals surface area contributed by atoms with Crippen molar-refractivity contribution in [2.75, 3.05) is 0 Å². The molecule has 34 heavy (non-hydrogen) atoms. The Morgan fingerprint density at radius 3 is 2.18 bits per heavy atom. The summed E-state index contributed by atoms with van der Waals surface area (Å²) in [7, 11) is 0. The SMILES string of the molecule is C/C=C/CCc1ccc(CCc2ccc(C#Cc3ccc4c(F)c(F)ccc4c3)cc2)c(F)c1. The normalized spacial score (nSPS) is 11.1. The Morgan fingerprint density at radius 2 is 1.41 bits per heavy atom. The number of aryl methyl sites for hydroxylation is 3. The summed E-state index contributed by atoms with van der Waals surface area (Å²) in [5.74, 6) is 4.35. The lowest BCUT2D eigenvalue weighted by Crippen LogP contribution is -1.97. The maximum absolute atomic E-state index is 14.5. The Labute approximate surface area is 198 Å². The zero-order valence-electron chi connectivity index (χ0n) is 19.0. The summed E-state index contributed by atoms with van der Waals surface area (Å²) in [6, 6.07) is 21.1. The average molecular weight is 455 g/mol. The molecule has 0 N–H and O–H groups in total. The summed E-state index contributed by atoms with van der Waals surface area (Å²) in [6.45, 7) is 1.99. The summed E-state index contributed by atoms with van der Waals surface area (Å²) in [5.41, 5.74) is 4.44. The van der Waals surface area contributed by atoms with Crippen LogP contribution in [-0.4, -0.2) is 0 Å². The molecule has 4 rings (SSSR count). The molecular formula is C31H25F3. The van der Waals surface area contributed by atoms with Gasteiger partial charge in [-0.25, -0.2) is 13.2 Å². The van der Waals surface area contributed by atoms with E-state index in [4.69, 9.17) is 0 Å². The molecule has 0 saturated carbocycles. The molecule has 0 atom stereocenters. The fourth-order valence-corrected chi connectivity index (χ4v) is 3.89. The molecule has 0 fully saturated rings. The second kappa shape index (κ2) is 10.9. The van der Waals surface area contributed by atoms with Gasteiger partial charge in [0.25, 0.3) is 0 Å². The van der Waals surface area contributed by atoms with E-state index in [-0.39, 0.29) is 11.2 Å². The number of hydrogen-bond acceptors (Lipinski definition) is 0. The molecule has 0 bridgehead atoms.